The molecule has 0 fully saturated rings. The van der Waals surface area contributed by atoms with Gasteiger partial charge in [-0.15, -0.1) is 0 Å². The molecule has 0 bridgehead atoms. The van der Waals surface area contributed by atoms with Crippen LogP contribution in [0, 0.1) is 6.92 Å². The summed E-state index contributed by atoms with van der Waals surface area (Å²) in [5.41, 5.74) is 1.85. The number of anilines is 1. The largest absolute Gasteiger partial charge is 0.316 e. The molecule has 100 valence electrons. The molecule has 2 aromatic heterocycles. The second kappa shape index (κ2) is 4.65. The van der Waals surface area contributed by atoms with E-state index in [-0.39, 0.29) is 17.2 Å². The molecule has 0 radical (unpaired) electrons. The number of carbonyl (C=O) groups is 1. The van der Waals surface area contributed by atoms with E-state index >= 15 is 0 Å². The van der Waals surface area contributed by atoms with E-state index in [0.717, 1.165) is 5.56 Å². The number of nitrogens with zero attached hydrogens (tertiary/aromatic N) is 2. The van der Waals surface area contributed by atoms with E-state index in [9.17, 15) is 9.59 Å². The Balaban J connectivity index is 1.93. The van der Waals surface area contributed by atoms with Gasteiger partial charge in [0.25, 0.3) is 11.5 Å². The number of carbonyl (C=O) groups excluding carboxylic acids is 1. The van der Waals surface area contributed by atoms with Gasteiger partial charge in [-0.2, -0.15) is 4.52 Å². The van der Waals surface area contributed by atoms with Crippen molar-refractivity contribution in [3.63, 3.8) is 0 Å². The lowest BCUT2D eigenvalue weighted by atomic mass is 10.1. The first-order valence-electron chi connectivity index (χ1n) is 6.08. The Morgan fingerprint density at radius 3 is 2.75 bits per heavy atom. The van der Waals surface area contributed by atoms with Crippen molar-refractivity contribution >= 4 is 17.2 Å². The summed E-state index contributed by atoms with van der Waals surface area (Å²) in [5, 5.41) is 5.31. The van der Waals surface area contributed by atoms with Gasteiger partial charge in [0.15, 0.2) is 5.65 Å². The zero-order valence-corrected chi connectivity index (χ0v) is 10.8. The minimum atomic E-state index is -0.347. The number of amides is 1. The van der Waals surface area contributed by atoms with Crippen molar-refractivity contribution in [3.8, 4) is 0 Å². The van der Waals surface area contributed by atoms with Crippen molar-refractivity contribution in [2.24, 2.45) is 0 Å². The van der Waals surface area contributed by atoms with E-state index in [1.165, 1.54) is 10.7 Å². The smallest absolute Gasteiger partial charge is 0.296 e. The molecule has 0 aliphatic rings. The topological polar surface area (TPSA) is 79.3 Å². The Kier molecular flexibility index (Phi) is 2.83. The highest BCUT2D eigenvalue weighted by molar-refractivity contribution is 6.04. The number of hydrogen-bond acceptors (Lipinski definition) is 3. The van der Waals surface area contributed by atoms with Crippen molar-refractivity contribution in [1.29, 1.82) is 0 Å². The molecule has 0 atom stereocenters. The molecule has 0 aliphatic heterocycles. The lowest BCUT2D eigenvalue weighted by Gasteiger charge is -2.05. The Hall–Kier alpha value is -2.89. The van der Waals surface area contributed by atoms with Crippen molar-refractivity contribution in [1.82, 2.24) is 14.6 Å². The lowest BCUT2D eigenvalue weighted by Crippen LogP contribution is -2.23. The van der Waals surface area contributed by atoms with Gasteiger partial charge in [0.2, 0.25) is 0 Å². The summed E-state index contributed by atoms with van der Waals surface area (Å²) in [7, 11) is 0. The predicted molar refractivity (Wildman–Crippen MR) is 74.9 cm³/mol. The van der Waals surface area contributed by atoms with Crippen LogP contribution in [-0.4, -0.2) is 20.5 Å². The molecule has 0 spiro atoms. The van der Waals surface area contributed by atoms with E-state index in [1.807, 2.05) is 19.1 Å². The Morgan fingerprint density at radius 1 is 1.25 bits per heavy atom. The van der Waals surface area contributed by atoms with E-state index in [2.05, 4.69) is 15.4 Å². The van der Waals surface area contributed by atoms with E-state index < -0.39 is 0 Å². The zero-order chi connectivity index (χ0) is 14.1. The molecule has 2 N–H and O–H groups in total. The Morgan fingerprint density at radius 2 is 2.00 bits per heavy atom. The number of rotatable bonds is 2. The van der Waals surface area contributed by atoms with Gasteiger partial charge in [-0.05, 0) is 19.1 Å². The van der Waals surface area contributed by atoms with Gasteiger partial charge >= 0.3 is 0 Å². The van der Waals surface area contributed by atoms with E-state index in [0.29, 0.717) is 11.2 Å². The summed E-state index contributed by atoms with van der Waals surface area (Å²) in [6, 6.07) is 8.78. The maximum atomic E-state index is 12.1. The van der Waals surface area contributed by atoms with Crippen molar-refractivity contribution in [2.45, 2.75) is 6.92 Å². The molecular formula is C14H12N4O2. The number of fused-ring (bicyclic) bond motifs is 1. The summed E-state index contributed by atoms with van der Waals surface area (Å²) in [6.45, 7) is 1.94. The molecular weight excluding hydrogens is 256 g/mol. The van der Waals surface area contributed by atoms with Crippen LogP contribution in [0.25, 0.3) is 5.65 Å². The quantitative estimate of drug-likeness (QED) is 0.740. The van der Waals surface area contributed by atoms with E-state index in [4.69, 9.17) is 0 Å². The van der Waals surface area contributed by atoms with Crippen LogP contribution < -0.4 is 10.9 Å². The van der Waals surface area contributed by atoms with Crippen LogP contribution >= 0.6 is 0 Å². The molecule has 6 nitrogen and oxygen atoms in total. The molecule has 0 saturated heterocycles. The summed E-state index contributed by atoms with van der Waals surface area (Å²) >= 11 is 0. The number of aromatic nitrogens is 3. The summed E-state index contributed by atoms with van der Waals surface area (Å²) in [4.78, 5) is 28.2. The number of hydrogen-bond donors (Lipinski definition) is 2. The van der Waals surface area contributed by atoms with Gasteiger partial charge in [0.05, 0.1) is 6.20 Å². The fourth-order valence-electron chi connectivity index (χ4n) is 1.88. The maximum absolute atomic E-state index is 12.1. The Labute approximate surface area is 114 Å². The van der Waals surface area contributed by atoms with Gasteiger partial charge in [0.1, 0.15) is 5.69 Å². The molecule has 2 heterocycles. The number of benzene rings is 1. The van der Waals surface area contributed by atoms with Crippen LogP contribution in [0.5, 0.6) is 0 Å². The van der Waals surface area contributed by atoms with Crippen LogP contribution in [0.2, 0.25) is 0 Å². The third kappa shape index (κ3) is 2.07. The van der Waals surface area contributed by atoms with Crippen LogP contribution in [-0.2, 0) is 0 Å². The first-order valence-corrected chi connectivity index (χ1v) is 6.08. The molecule has 0 unspecified atom stereocenters. The van der Waals surface area contributed by atoms with Gasteiger partial charge < -0.3 is 5.32 Å². The average molecular weight is 268 g/mol. The molecule has 3 aromatic rings. The van der Waals surface area contributed by atoms with Crippen LogP contribution in [0.1, 0.15) is 15.9 Å². The summed E-state index contributed by atoms with van der Waals surface area (Å²) in [6.07, 6.45) is 2.97. The van der Waals surface area contributed by atoms with Crippen molar-refractivity contribution in [3.05, 3.63) is 64.2 Å². The summed E-state index contributed by atoms with van der Waals surface area (Å²) in [5.74, 6) is -0.338. The monoisotopic (exact) mass is 268 g/mol. The minimum absolute atomic E-state index is 0.135. The average Bonchev–Trinajstić information content (AvgIpc) is 2.92. The highest BCUT2D eigenvalue weighted by Crippen LogP contribution is 2.07. The second-order valence-corrected chi connectivity index (χ2v) is 4.45. The van der Waals surface area contributed by atoms with Gasteiger partial charge in [-0.3, -0.25) is 14.7 Å². The van der Waals surface area contributed by atoms with Gasteiger partial charge in [-0.1, -0.05) is 17.7 Å². The fraction of sp³-hybridized carbons (Fsp3) is 0.0714. The number of aromatic amines is 1. The number of nitrogens with one attached hydrogen (secondary N) is 2. The third-order valence-corrected chi connectivity index (χ3v) is 2.99. The highest BCUT2D eigenvalue weighted by Gasteiger charge is 2.10. The molecule has 6 heteroatoms. The number of H-pyrrole nitrogens is 1. The molecule has 1 aromatic carbocycles. The predicted octanol–water partition coefficient (Wildman–Crippen LogP) is 1.58. The molecule has 0 saturated carbocycles. The van der Waals surface area contributed by atoms with Crippen LogP contribution in [0.4, 0.5) is 5.69 Å². The van der Waals surface area contributed by atoms with Gasteiger partial charge in [0, 0.05) is 17.8 Å². The fourth-order valence-corrected chi connectivity index (χ4v) is 1.88. The standard InChI is InChI=1S/C14H12N4O2/c1-9-2-4-10(5-3-9)13(19)17-11-8-15-12-6-7-16-18(12)14(11)20/h2-8,16H,1H3,(H,17,19). The molecule has 0 aliphatic carbocycles. The first-order chi connectivity index (χ1) is 9.65. The third-order valence-electron chi connectivity index (χ3n) is 2.99. The SMILES string of the molecule is Cc1ccc(C(=O)Nc2cnc3cc[nH]n3c2=O)cc1. The Bertz CT molecular complexity index is 830. The molecule has 3 rings (SSSR count). The lowest BCUT2D eigenvalue weighted by molar-refractivity contribution is 0.102. The second-order valence-electron chi connectivity index (χ2n) is 4.45. The minimum Gasteiger partial charge on any atom is -0.316 e. The van der Waals surface area contributed by atoms with E-state index in [1.54, 1.807) is 24.4 Å². The summed E-state index contributed by atoms with van der Waals surface area (Å²) < 4.78 is 1.27. The number of aryl methyl sites for hydroxylation is 1. The van der Waals surface area contributed by atoms with Crippen LogP contribution in [0.3, 0.4) is 0 Å². The highest BCUT2D eigenvalue weighted by atomic mass is 16.2. The molecule has 1 amide bonds. The zero-order valence-electron chi connectivity index (χ0n) is 10.8. The maximum Gasteiger partial charge on any atom is 0.296 e. The van der Waals surface area contributed by atoms with Gasteiger partial charge in [-0.25, -0.2) is 4.98 Å². The normalized spacial score (nSPS) is 10.7. The first kappa shape index (κ1) is 12.2. The molecule has 20 heavy (non-hydrogen) atoms. The van der Waals surface area contributed by atoms with Crippen LogP contribution in [0.15, 0.2) is 47.5 Å². The van der Waals surface area contributed by atoms with Crippen molar-refractivity contribution < 1.29 is 4.79 Å². The van der Waals surface area contributed by atoms with Crippen molar-refractivity contribution in [2.75, 3.05) is 5.32 Å².